The SMILES string of the molecule is CC(C)NCC(C(=O)N1CCN(C2=NC(C)NC3=C2[C@H](C)CC3)CC1)c1ccc(C#N)cc1. The summed E-state index contributed by atoms with van der Waals surface area (Å²) in [4.78, 5) is 22.9. The average Bonchev–Trinajstić information content (AvgIpc) is 3.19. The molecule has 2 N–H and O–H groups in total. The van der Waals surface area contributed by atoms with Crippen molar-refractivity contribution >= 4 is 11.7 Å². The molecule has 0 radical (unpaired) electrons. The van der Waals surface area contributed by atoms with Crippen LogP contribution in [0.5, 0.6) is 0 Å². The van der Waals surface area contributed by atoms with Crippen molar-refractivity contribution in [1.29, 1.82) is 5.26 Å². The van der Waals surface area contributed by atoms with Gasteiger partial charge in [0.1, 0.15) is 12.0 Å². The normalized spacial score (nSPS) is 23.7. The Labute approximate surface area is 197 Å². The molecule has 1 aromatic rings. The molecule has 2 unspecified atom stereocenters. The van der Waals surface area contributed by atoms with Gasteiger partial charge in [-0.2, -0.15) is 5.26 Å². The largest absolute Gasteiger partial charge is 0.367 e. The van der Waals surface area contributed by atoms with Crippen molar-refractivity contribution in [2.75, 3.05) is 32.7 Å². The monoisotopic (exact) mass is 448 g/mol. The minimum Gasteiger partial charge on any atom is -0.367 e. The maximum atomic E-state index is 13.6. The molecule has 3 aliphatic rings. The molecule has 1 aliphatic carbocycles. The number of allylic oxidation sites excluding steroid dienone is 1. The van der Waals surface area contributed by atoms with Crippen molar-refractivity contribution in [2.24, 2.45) is 10.9 Å². The molecule has 4 rings (SSSR count). The molecule has 0 saturated carbocycles. The van der Waals surface area contributed by atoms with Crippen molar-refractivity contribution in [3.8, 4) is 6.07 Å². The molecule has 2 aliphatic heterocycles. The lowest BCUT2D eigenvalue weighted by Gasteiger charge is -2.40. The predicted molar refractivity (Wildman–Crippen MR) is 131 cm³/mol. The number of nitrogens with one attached hydrogen (secondary N) is 2. The molecule has 7 nitrogen and oxygen atoms in total. The number of amides is 1. The lowest BCUT2D eigenvalue weighted by molar-refractivity contribution is -0.134. The first-order valence-corrected chi connectivity index (χ1v) is 12.2. The Morgan fingerprint density at radius 1 is 1.21 bits per heavy atom. The predicted octanol–water partition coefficient (Wildman–Crippen LogP) is 2.82. The van der Waals surface area contributed by atoms with Gasteiger partial charge in [0.25, 0.3) is 0 Å². The Morgan fingerprint density at radius 3 is 2.55 bits per heavy atom. The number of nitriles is 1. The second kappa shape index (κ2) is 9.96. The van der Waals surface area contributed by atoms with E-state index in [2.05, 4.69) is 49.3 Å². The van der Waals surface area contributed by atoms with E-state index in [9.17, 15) is 4.79 Å². The van der Waals surface area contributed by atoms with Crippen LogP contribution in [-0.4, -0.2) is 66.5 Å². The first-order chi connectivity index (χ1) is 15.9. The quantitative estimate of drug-likeness (QED) is 0.724. The van der Waals surface area contributed by atoms with E-state index in [0.29, 0.717) is 37.2 Å². The van der Waals surface area contributed by atoms with Crippen LogP contribution < -0.4 is 10.6 Å². The number of carbonyl (C=O) groups is 1. The van der Waals surface area contributed by atoms with Gasteiger partial charge in [0.2, 0.25) is 5.91 Å². The van der Waals surface area contributed by atoms with E-state index in [1.165, 1.54) is 17.7 Å². The second-order valence-corrected chi connectivity index (χ2v) is 9.77. The number of hydrogen-bond acceptors (Lipinski definition) is 6. The summed E-state index contributed by atoms with van der Waals surface area (Å²) in [5.41, 5.74) is 4.31. The van der Waals surface area contributed by atoms with E-state index in [-0.39, 0.29) is 18.0 Å². The molecule has 1 saturated heterocycles. The number of nitrogens with zero attached hydrogens (tertiary/aromatic N) is 4. The van der Waals surface area contributed by atoms with Gasteiger partial charge in [-0.1, -0.05) is 32.9 Å². The van der Waals surface area contributed by atoms with E-state index >= 15 is 0 Å². The van der Waals surface area contributed by atoms with Crippen LogP contribution in [-0.2, 0) is 4.79 Å². The standard InChI is InChI=1S/C26H36N6O/c1-17(2)28-16-22(21-8-6-20(15-27)7-9-21)26(33)32-13-11-31(12-14-32)25-24-18(3)5-10-23(24)29-19(4)30-25/h6-9,17-19,22,28-29H,5,10-14,16H2,1-4H3/t18-,19?,22?/m1/s1. The van der Waals surface area contributed by atoms with E-state index < -0.39 is 0 Å². The van der Waals surface area contributed by atoms with Crippen LogP contribution in [0.4, 0.5) is 0 Å². The fourth-order valence-corrected chi connectivity index (χ4v) is 5.08. The zero-order chi connectivity index (χ0) is 23.5. The number of carbonyl (C=O) groups excluding carboxylic acids is 1. The fourth-order valence-electron chi connectivity index (χ4n) is 5.08. The average molecular weight is 449 g/mol. The Bertz CT molecular complexity index is 965. The van der Waals surface area contributed by atoms with Gasteiger partial charge in [0.05, 0.1) is 17.6 Å². The third-order valence-corrected chi connectivity index (χ3v) is 6.95. The summed E-state index contributed by atoms with van der Waals surface area (Å²) in [7, 11) is 0. The topological polar surface area (TPSA) is 83.8 Å². The van der Waals surface area contributed by atoms with Crippen molar-refractivity contribution in [3.63, 3.8) is 0 Å². The smallest absolute Gasteiger partial charge is 0.231 e. The first kappa shape index (κ1) is 23.3. The Kier molecular flexibility index (Phi) is 7.04. The van der Waals surface area contributed by atoms with Crippen LogP contribution in [0.2, 0.25) is 0 Å². The third-order valence-electron chi connectivity index (χ3n) is 6.95. The highest BCUT2D eigenvalue weighted by Gasteiger charge is 2.35. The van der Waals surface area contributed by atoms with Crippen LogP contribution in [0.25, 0.3) is 0 Å². The molecular formula is C26H36N6O. The van der Waals surface area contributed by atoms with Crippen LogP contribution in [0, 0.1) is 17.2 Å². The van der Waals surface area contributed by atoms with Gasteiger partial charge in [0, 0.05) is 50.0 Å². The Balaban J connectivity index is 1.46. The van der Waals surface area contributed by atoms with E-state index in [4.69, 9.17) is 10.3 Å². The van der Waals surface area contributed by atoms with Crippen LogP contribution in [0.3, 0.4) is 0 Å². The first-order valence-electron chi connectivity index (χ1n) is 12.2. The van der Waals surface area contributed by atoms with Gasteiger partial charge >= 0.3 is 0 Å². The molecule has 1 amide bonds. The molecule has 3 atom stereocenters. The van der Waals surface area contributed by atoms with Gasteiger partial charge in [-0.15, -0.1) is 0 Å². The van der Waals surface area contributed by atoms with Gasteiger partial charge < -0.3 is 20.4 Å². The van der Waals surface area contributed by atoms with E-state index in [1.54, 1.807) is 12.1 Å². The van der Waals surface area contributed by atoms with Gasteiger partial charge in [-0.25, -0.2) is 4.99 Å². The Hall–Kier alpha value is -2.85. The van der Waals surface area contributed by atoms with Gasteiger partial charge in [0.15, 0.2) is 0 Å². The molecular weight excluding hydrogens is 412 g/mol. The fraction of sp³-hybridized carbons (Fsp3) is 0.577. The summed E-state index contributed by atoms with van der Waals surface area (Å²) in [6, 6.07) is 9.89. The van der Waals surface area contributed by atoms with Crippen LogP contribution in [0.1, 0.15) is 57.6 Å². The number of benzene rings is 1. The highest BCUT2D eigenvalue weighted by molar-refractivity contribution is 6.00. The van der Waals surface area contributed by atoms with E-state index in [0.717, 1.165) is 30.9 Å². The molecule has 0 bridgehead atoms. The zero-order valence-corrected chi connectivity index (χ0v) is 20.3. The summed E-state index contributed by atoms with van der Waals surface area (Å²) in [5, 5.41) is 16.1. The summed E-state index contributed by atoms with van der Waals surface area (Å²) in [6.45, 7) is 12.2. The highest BCUT2D eigenvalue weighted by Crippen LogP contribution is 2.35. The number of rotatable bonds is 5. The molecule has 0 aromatic heterocycles. The van der Waals surface area contributed by atoms with Gasteiger partial charge in [-0.05, 0) is 43.4 Å². The summed E-state index contributed by atoms with van der Waals surface area (Å²) in [6.07, 6.45) is 2.39. The Morgan fingerprint density at radius 2 is 1.91 bits per heavy atom. The molecule has 2 heterocycles. The highest BCUT2D eigenvalue weighted by atomic mass is 16.2. The molecule has 0 spiro atoms. The van der Waals surface area contributed by atoms with Crippen molar-refractivity contribution in [2.45, 2.75) is 58.7 Å². The van der Waals surface area contributed by atoms with E-state index in [1.807, 2.05) is 17.0 Å². The lowest BCUT2D eigenvalue weighted by atomic mass is 9.95. The maximum absolute atomic E-state index is 13.6. The van der Waals surface area contributed by atoms with Gasteiger partial charge in [-0.3, -0.25) is 4.79 Å². The second-order valence-electron chi connectivity index (χ2n) is 9.77. The third kappa shape index (κ3) is 5.06. The molecule has 1 aromatic carbocycles. The summed E-state index contributed by atoms with van der Waals surface area (Å²) < 4.78 is 0. The lowest BCUT2D eigenvalue weighted by Crippen LogP contribution is -2.54. The number of hydrogen-bond donors (Lipinski definition) is 2. The number of amidine groups is 1. The summed E-state index contributed by atoms with van der Waals surface area (Å²) in [5.74, 6) is 1.56. The van der Waals surface area contributed by atoms with Crippen molar-refractivity contribution in [3.05, 3.63) is 46.7 Å². The maximum Gasteiger partial charge on any atom is 0.231 e. The number of aliphatic imine (C=N–C) groups is 1. The zero-order valence-electron chi connectivity index (χ0n) is 20.3. The number of piperazine rings is 1. The van der Waals surface area contributed by atoms with Crippen molar-refractivity contribution in [1.82, 2.24) is 20.4 Å². The molecule has 176 valence electrons. The minimum absolute atomic E-state index is 0.103. The van der Waals surface area contributed by atoms with Crippen molar-refractivity contribution < 1.29 is 4.79 Å². The molecule has 7 heteroatoms. The summed E-state index contributed by atoms with van der Waals surface area (Å²) >= 11 is 0. The minimum atomic E-state index is -0.257. The molecule has 1 fully saturated rings. The molecule has 33 heavy (non-hydrogen) atoms. The van der Waals surface area contributed by atoms with Crippen LogP contribution in [0.15, 0.2) is 40.5 Å². The van der Waals surface area contributed by atoms with Crippen LogP contribution >= 0.6 is 0 Å².